The Morgan fingerprint density at radius 3 is 2.57 bits per heavy atom. The van der Waals surface area contributed by atoms with Crippen molar-refractivity contribution in [3.63, 3.8) is 0 Å². The first-order chi connectivity index (χ1) is 13.4. The third kappa shape index (κ3) is 3.98. The van der Waals surface area contributed by atoms with Gasteiger partial charge in [-0.15, -0.1) is 0 Å². The van der Waals surface area contributed by atoms with Gasteiger partial charge in [-0.1, -0.05) is 36.4 Å². The molecule has 146 valence electrons. The molecule has 0 radical (unpaired) electrons. The maximum atomic E-state index is 12.7. The van der Waals surface area contributed by atoms with Crippen LogP contribution >= 0.6 is 0 Å². The Kier molecular flexibility index (Phi) is 5.63. The van der Waals surface area contributed by atoms with E-state index in [1.807, 2.05) is 19.1 Å². The zero-order chi connectivity index (χ0) is 20.3. The molecule has 2 aromatic carbocycles. The van der Waals surface area contributed by atoms with E-state index in [-0.39, 0.29) is 18.9 Å². The lowest BCUT2D eigenvalue weighted by atomic mass is 10.0. The Morgan fingerprint density at radius 2 is 1.93 bits per heavy atom. The van der Waals surface area contributed by atoms with E-state index in [0.29, 0.717) is 17.0 Å². The number of carbonyl (C=O) groups excluding carboxylic acids is 2. The molecule has 0 spiro atoms. The normalized spacial score (nSPS) is 17.3. The van der Waals surface area contributed by atoms with Crippen LogP contribution in [-0.2, 0) is 14.4 Å². The molecule has 1 heterocycles. The Labute approximate surface area is 162 Å². The molecule has 2 atom stereocenters. The van der Waals surface area contributed by atoms with Crippen molar-refractivity contribution >= 4 is 23.5 Å². The second-order valence-corrected chi connectivity index (χ2v) is 6.77. The zero-order valence-corrected chi connectivity index (χ0v) is 15.7. The number of benzene rings is 2. The van der Waals surface area contributed by atoms with Gasteiger partial charge in [0.05, 0.1) is 18.7 Å². The molecule has 3 rings (SSSR count). The Balaban J connectivity index is 1.77. The van der Waals surface area contributed by atoms with E-state index in [4.69, 9.17) is 4.74 Å². The predicted molar refractivity (Wildman–Crippen MR) is 103 cm³/mol. The number of rotatable bonds is 6. The largest absolute Gasteiger partial charge is 0.495 e. The van der Waals surface area contributed by atoms with E-state index < -0.39 is 23.8 Å². The first-order valence-electron chi connectivity index (χ1n) is 8.94. The third-order valence-corrected chi connectivity index (χ3v) is 4.79. The van der Waals surface area contributed by atoms with Crippen LogP contribution in [-0.4, -0.2) is 36.5 Å². The van der Waals surface area contributed by atoms with Crippen molar-refractivity contribution in [2.24, 2.45) is 5.92 Å². The van der Waals surface area contributed by atoms with Gasteiger partial charge in [-0.05, 0) is 30.2 Å². The molecule has 2 aromatic rings. The molecule has 1 saturated heterocycles. The average Bonchev–Trinajstić information content (AvgIpc) is 3.08. The van der Waals surface area contributed by atoms with Crippen LogP contribution in [0.15, 0.2) is 48.5 Å². The zero-order valence-electron chi connectivity index (χ0n) is 15.7. The highest BCUT2D eigenvalue weighted by molar-refractivity contribution is 6.01. The van der Waals surface area contributed by atoms with E-state index in [1.165, 1.54) is 12.0 Å². The van der Waals surface area contributed by atoms with E-state index in [2.05, 4.69) is 5.32 Å². The van der Waals surface area contributed by atoms with Gasteiger partial charge in [-0.3, -0.25) is 9.59 Å². The van der Waals surface area contributed by atoms with Crippen LogP contribution in [0.5, 0.6) is 5.75 Å². The molecule has 0 aliphatic carbocycles. The highest BCUT2D eigenvalue weighted by Gasteiger charge is 2.37. The number of anilines is 1. The van der Waals surface area contributed by atoms with E-state index in [1.54, 1.807) is 36.4 Å². The number of methoxy groups -OCH3 is 1. The summed E-state index contributed by atoms with van der Waals surface area (Å²) in [5.41, 5.74) is 2.05. The summed E-state index contributed by atoms with van der Waals surface area (Å²) >= 11 is 0. The number of nitrogens with zero attached hydrogens (tertiary/aromatic N) is 1. The van der Waals surface area contributed by atoms with Crippen LogP contribution < -0.4 is 15.0 Å². The number of hydrogen-bond acceptors (Lipinski definition) is 4. The molecule has 0 bridgehead atoms. The standard InChI is InChI=1S/C21H22N2O5/c1-13-8-9-17(28-2)16(10-13)23-12-15(11-18(23)24)20(25)22-19(21(26)27)14-6-4-3-5-7-14/h3-10,15,19H,11-12H2,1-2H3,(H,22,25)(H,26,27)/t15?,19-/m0/s1. The molecule has 7 heteroatoms. The van der Waals surface area contributed by atoms with Crippen molar-refractivity contribution in [3.8, 4) is 5.75 Å². The first kappa shape index (κ1) is 19.4. The summed E-state index contributed by atoms with van der Waals surface area (Å²) in [6, 6.07) is 12.8. The highest BCUT2D eigenvalue weighted by Crippen LogP contribution is 2.34. The molecule has 2 N–H and O–H groups in total. The third-order valence-electron chi connectivity index (χ3n) is 4.79. The molecule has 1 aliphatic heterocycles. The second kappa shape index (κ2) is 8.12. The fraction of sp³-hybridized carbons (Fsp3) is 0.286. The number of carboxylic acids is 1. The highest BCUT2D eigenvalue weighted by atomic mass is 16.5. The van der Waals surface area contributed by atoms with Gasteiger partial charge in [-0.2, -0.15) is 0 Å². The average molecular weight is 382 g/mol. The Morgan fingerprint density at radius 1 is 1.21 bits per heavy atom. The van der Waals surface area contributed by atoms with Crippen LogP contribution in [0.1, 0.15) is 23.6 Å². The fourth-order valence-electron chi connectivity index (χ4n) is 3.32. The van der Waals surface area contributed by atoms with Crippen LogP contribution in [0, 0.1) is 12.8 Å². The first-order valence-corrected chi connectivity index (χ1v) is 8.94. The summed E-state index contributed by atoms with van der Waals surface area (Å²) in [4.78, 5) is 38.4. The van der Waals surface area contributed by atoms with Crippen molar-refractivity contribution < 1.29 is 24.2 Å². The van der Waals surface area contributed by atoms with Gasteiger partial charge in [0.15, 0.2) is 6.04 Å². The fourth-order valence-corrected chi connectivity index (χ4v) is 3.32. The monoisotopic (exact) mass is 382 g/mol. The topological polar surface area (TPSA) is 95.9 Å². The Bertz CT molecular complexity index is 897. The summed E-state index contributed by atoms with van der Waals surface area (Å²) in [5, 5.41) is 12.0. The number of aryl methyl sites for hydroxylation is 1. The number of ether oxygens (including phenoxy) is 1. The smallest absolute Gasteiger partial charge is 0.330 e. The van der Waals surface area contributed by atoms with Gasteiger partial charge < -0.3 is 20.1 Å². The summed E-state index contributed by atoms with van der Waals surface area (Å²) in [7, 11) is 1.52. The predicted octanol–water partition coefficient (Wildman–Crippen LogP) is 2.30. The molecule has 1 unspecified atom stereocenters. The van der Waals surface area contributed by atoms with Crippen molar-refractivity contribution in [3.05, 3.63) is 59.7 Å². The Hall–Kier alpha value is -3.35. The van der Waals surface area contributed by atoms with Crippen LogP contribution in [0.2, 0.25) is 0 Å². The number of aliphatic carboxylic acids is 1. The van der Waals surface area contributed by atoms with Gasteiger partial charge in [0.25, 0.3) is 0 Å². The molecule has 1 aliphatic rings. The minimum absolute atomic E-state index is 0.0179. The number of hydrogen-bond donors (Lipinski definition) is 2. The van der Waals surface area contributed by atoms with Crippen molar-refractivity contribution in [2.45, 2.75) is 19.4 Å². The quantitative estimate of drug-likeness (QED) is 0.799. The summed E-state index contributed by atoms with van der Waals surface area (Å²) in [6.07, 6.45) is 0.0179. The molecular formula is C21H22N2O5. The van der Waals surface area contributed by atoms with Crippen molar-refractivity contribution in [2.75, 3.05) is 18.6 Å². The summed E-state index contributed by atoms with van der Waals surface area (Å²) in [6.45, 7) is 2.08. The number of nitrogens with one attached hydrogen (secondary N) is 1. The molecule has 0 saturated carbocycles. The lowest BCUT2D eigenvalue weighted by Gasteiger charge is -2.21. The van der Waals surface area contributed by atoms with Gasteiger partial charge in [0.2, 0.25) is 11.8 Å². The van der Waals surface area contributed by atoms with Gasteiger partial charge in [0, 0.05) is 13.0 Å². The molecule has 28 heavy (non-hydrogen) atoms. The van der Waals surface area contributed by atoms with Gasteiger partial charge in [-0.25, -0.2) is 4.79 Å². The number of carboxylic acid groups (broad SMARTS) is 1. The second-order valence-electron chi connectivity index (χ2n) is 6.77. The van der Waals surface area contributed by atoms with Crippen molar-refractivity contribution in [1.82, 2.24) is 5.32 Å². The molecule has 0 aromatic heterocycles. The lowest BCUT2D eigenvalue weighted by Crippen LogP contribution is -2.38. The summed E-state index contributed by atoms with van der Waals surface area (Å²) < 4.78 is 5.34. The molecule has 2 amide bonds. The molecular weight excluding hydrogens is 360 g/mol. The van der Waals surface area contributed by atoms with Crippen LogP contribution in [0.3, 0.4) is 0 Å². The van der Waals surface area contributed by atoms with Gasteiger partial charge >= 0.3 is 5.97 Å². The minimum atomic E-state index is -1.16. The van der Waals surface area contributed by atoms with E-state index in [0.717, 1.165) is 5.56 Å². The maximum absolute atomic E-state index is 12.7. The number of carbonyl (C=O) groups is 3. The van der Waals surface area contributed by atoms with Crippen molar-refractivity contribution in [1.29, 1.82) is 0 Å². The van der Waals surface area contributed by atoms with Gasteiger partial charge in [0.1, 0.15) is 5.75 Å². The van der Waals surface area contributed by atoms with E-state index in [9.17, 15) is 19.5 Å². The SMILES string of the molecule is COc1ccc(C)cc1N1CC(C(=O)N[C@H](C(=O)O)c2ccccc2)CC1=O. The van der Waals surface area contributed by atoms with Crippen LogP contribution in [0.4, 0.5) is 5.69 Å². The molecule has 1 fully saturated rings. The lowest BCUT2D eigenvalue weighted by molar-refractivity contribution is -0.142. The number of amides is 2. The minimum Gasteiger partial charge on any atom is -0.495 e. The maximum Gasteiger partial charge on any atom is 0.330 e. The molecule has 7 nitrogen and oxygen atoms in total. The summed E-state index contributed by atoms with van der Waals surface area (Å²) in [5.74, 6) is -1.90. The van der Waals surface area contributed by atoms with Crippen LogP contribution in [0.25, 0.3) is 0 Å². The van der Waals surface area contributed by atoms with E-state index >= 15 is 0 Å².